The van der Waals surface area contributed by atoms with Crippen molar-refractivity contribution in [1.29, 1.82) is 0 Å². The molecule has 284 valence electrons. The smallest absolute Gasteiger partial charge is 0.261 e. The van der Waals surface area contributed by atoms with Crippen molar-refractivity contribution < 1.29 is 23.5 Å². The molecular formula is C39H50FN7O5S. The van der Waals surface area contributed by atoms with Crippen LogP contribution in [0.15, 0.2) is 41.2 Å². The zero-order valence-electron chi connectivity index (χ0n) is 30.2. The number of halogens is 1. The fourth-order valence-corrected chi connectivity index (χ4v) is 9.50. The Morgan fingerprint density at radius 2 is 1.66 bits per heavy atom. The average molecular weight is 748 g/mol. The molecule has 0 spiro atoms. The normalized spacial score (nSPS) is 23.3. The molecule has 2 aromatic carbocycles. The highest BCUT2D eigenvalue weighted by Gasteiger charge is 2.38. The molecule has 5 aliphatic rings. The van der Waals surface area contributed by atoms with Crippen LogP contribution in [0.25, 0.3) is 10.9 Å². The lowest BCUT2D eigenvalue weighted by atomic mass is 9.92. The molecule has 53 heavy (non-hydrogen) atoms. The Morgan fingerprint density at radius 1 is 0.906 bits per heavy atom. The number of piperidine rings is 3. The number of carbonyl (C=O) groups is 2. The molecule has 8 rings (SSSR count). The van der Waals surface area contributed by atoms with Crippen LogP contribution >= 0.6 is 11.8 Å². The van der Waals surface area contributed by atoms with Crippen molar-refractivity contribution in [2.45, 2.75) is 80.5 Å². The molecule has 6 heterocycles. The van der Waals surface area contributed by atoms with Crippen molar-refractivity contribution in [3.05, 3.63) is 58.4 Å². The topological polar surface area (TPSA) is 132 Å². The summed E-state index contributed by atoms with van der Waals surface area (Å²) in [5, 5.41) is 6.13. The lowest BCUT2D eigenvalue weighted by Crippen LogP contribution is -2.64. The number of aromatic amines is 1. The summed E-state index contributed by atoms with van der Waals surface area (Å²) in [6.07, 6.45) is 7.27. The molecule has 0 unspecified atom stereocenters. The molecule has 12 nitrogen and oxygen atoms in total. The van der Waals surface area contributed by atoms with Crippen LogP contribution in [-0.2, 0) is 20.1 Å². The number of ether oxygens (including phenoxy) is 2. The van der Waals surface area contributed by atoms with Gasteiger partial charge in [-0.05, 0) is 88.2 Å². The minimum atomic E-state index is -0.597. The number of rotatable bonds is 11. The Kier molecular flexibility index (Phi) is 11.2. The van der Waals surface area contributed by atoms with E-state index >= 15 is 4.39 Å². The first-order chi connectivity index (χ1) is 25.8. The second-order valence-electron chi connectivity index (χ2n) is 15.2. The number of benzene rings is 2. The highest BCUT2D eigenvalue weighted by Crippen LogP contribution is 2.31. The van der Waals surface area contributed by atoms with Gasteiger partial charge in [-0.3, -0.25) is 29.5 Å². The van der Waals surface area contributed by atoms with Crippen LogP contribution in [0.5, 0.6) is 5.75 Å². The van der Waals surface area contributed by atoms with Crippen LogP contribution < -0.4 is 25.8 Å². The molecule has 5 fully saturated rings. The van der Waals surface area contributed by atoms with E-state index in [4.69, 9.17) is 9.47 Å². The molecule has 3 aromatic rings. The van der Waals surface area contributed by atoms with Crippen molar-refractivity contribution >= 4 is 45.9 Å². The van der Waals surface area contributed by atoms with Gasteiger partial charge in [-0.25, -0.2) is 9.37 Å². The molecule has 5 saturated heterocycles. The summed E-state index contributed by atoms with van der Waals surface area (Å²) in [5.74, 6) is 0.921. The van der Waals surface area contributed by atoms with Gasteiger partial charge in [0.25, 0.3) is 5.56 Å². The number of nitrogens with one attached hydrogen (secondary N) is 3. The van der Waals surface area contributed by atoms with Gasteiger partial charge in [0, 0.05) is 86.7 Å². The van der Waals surface area contributed by atoms with Crippen LogP contribution in [0, 0.1) is 11.7 Å². The lowest BCUT2D eigenvalue weighted by molar-refractivity contribution is -0.133. The number of imide groups is 1. The molecule has 0 aliphatic carbocycles. The summed E-state index contributed by atoms with van der Waals surface area (Å²) in [6.45, 7) is 8.48. The Hall–Kier alpha value is -3.72. The summed E-state index contributed by atoms with van der Waals surface area (Å²) in [7, 11) is 0. The molecule has 1 atom stereocenters. The predicted octanol–water partition coefficient (Wildman–Crippen LogP) is 4.14. The maximum absolute atomic E-state index is 15.0. The van der Waals surface area contributed by atoms with E-state index in [-0.39, 0.29) is 23.2 Å². The zero-order valence-corrected chi connectivity index (χ0v) is 31.0. The highest BCUT2D eigenvalue weighted by molar-refractivity contribution is 7.99. The van der Waals surface area contributed by atoms with Crippen LogP contribution in [0.3, 0.4) is 0 Å². The van der Waals surface area contributed by atoms with Gasteiger partial charge in [0.1, 0.15) is 28.8 Å². The molecule has 0 bridgehead atoms. The first-order valence-electron chi connectivity index (χ1n) is 19.3. The minimum Gasteiger partial charge on any atom is -0.493 e. The molecule has 3 N–H and O–H groups in total. The SMILES string of the molecule is O=C1CC[C@H](Nc2ccc(N3CCC(N4CC(N5CCC(COc6cc(F)c7c(=O)[nH]c(CSC8CCOCC8)nc7c6)CC5)C4)CC3)cc2)C(=O)N1. The quantitative estimate of drug-likeness (QED) is 0.245. The van der Waals surface area contributed by atoms with Crippen molar-refractivity contribution in [1.82, 2.24) is 25.1 Å². The summed E-state index contributed by atoms with van der Waals surface area (Å²) < 4.78 is 26.6. The van der Waals surface area contributed by atoms with Crippen molar-refractivity contribution in [3.8, 4) is 5.75 Å². The number of hydrogen-bond acceptors (Lipinski definition) is 11. The van der Waals surface area contributed by atoms with E-state index in [2.05, 4.69) is 47.4 Å². The number of amides is 2. The van der Waals surface area contributed by atoms with Gasteiger partial charge in [-0.1, -0.05) is 0 Å². The van der Waals surface area contributed by atoms with Crippen LogP contribution in [0.1, 0.15) is 57.2 Å². The molecule has 1 aromatic heterocycles. The second kappa shape index (κ2) is 16.3. The number of likely N-dealkylation sites (tertiary alicyclic amines) is 2. The lowest BCUT2D eigenvalue weighted by Gasteiger charge is -2.52. The summed E-state index contributed by atoms with van der Waals surface area (Å²) in [4.78, 5) is 51.4. The van der Waals surface area contributed by atoms with Crippen LogP contribution in [-0.4, -0.2) is 114 Å². The number of aromatic nitrogens is 2. The summed E-state index contributed by atoms with van der Waals surface area (Å²) in [6, 6.07) is 12.2. The molecule has 5 aliphatic heterocycles. The Bertz CT molecular complexity index is 1820. The van der Waals surface area contributed by atoms with Crippen molar-refractivity contribution in [2.24, 2.45) is 5.92 Å². The molecule has 2 amide bonds. The number of fused-ring (bicyclic) bond motifs is 1. The average Bonchev–Trinajstić information content (AvgIpc) is 3.15. The van der Waals surface area contributed by atoms with Gasteiger partial charge in [0.05, 0.1) is 17.9 Å². The van der Waals surface area contributed by atoms with Crippen molar-refractivity contribution in [3.63, 3.8) is 0 Å². The van der Waals surface area contributed by atoms with E-state index in [1.807, 2.05) is 12.1 Å². The largest absolute Gasteiger partial charge is 0.493 e. The standard InChI is InChI=1S/C39H50FN7O5S/c40-32-19-30(20-34-37(32)39(50)43-35(42-34)24-53-31-11-17-51-18-12-31)52-23-25-7-13-46(14-8-25)29-21-47(22-29)28-9-15-45(16-10-28)27-3-1-26(2-4-27)41-33-5-6-36(48)44-38(33)49/h1-4,19-20,25,28-29,31,33,41H,5-18,21-24H2,(H,42,43,50)(H,44,48,49)/t33-/m0/s1. The van der Waals surface area contributed by atoms with Gasteiger partial charge < -0.3 is 24.7 Å². The molecule has 0 saturated carbocycles. The van der Waals surface area contributed by atoms with Gasteiger partial charge >= 0.3 is 0 Å². The fourth-order valence-electron chi connectivity index (χ4n) is 8.44. The number of nitrogens with zero attached hydrogens (tertiary/aromatic N) is 4. The maximum atomic E-state index is 15.0. The number of H-pyrrole nitrogens is 1. The van der Waals surface area contributed by atoms with Crippen molar-refractivity contribution in [2.75, 3.05) is 69.3 Å². The van der Waals surface area contributed by atoms with E-state index in [0.717, 1.165) is 96.7 Å². The molecule has 14 heteroatoms. The maximum Gasteiger partial charge on any atom is 0.261 e. The Morgan fingerprint density at radius 3 is 2.40 bits per heavy atom. The van der Waals surface area contributed by atoms with Gasteiger partial charge in [0.15, 0.2) is 0 Å². The third-order valence-electron chi connectivity index (χ3n) is 11.7. The van der Waals surface area contributed by atoms with E-state index in [1.54, 1.807) is 17.8 Å². The Balaban J connectivity index is 0.747. The third-order valence-corrected chi connectivity index (χ3v) is 13.1. The van der Waals surface area contributed by atoms with E-state index in [9.17, 15) is 14.4 Å². The number of hydrogen-bond donors (Lipinski definition) is 3. The zero-order chi connectivity index (χ0) is 36.3. The summed E-state index contributed by atoms with van der Waals surface area (Å²) >= 11 is 1.76. The summed E-state index contributed by atoms with van der Waals surface area (Å²) in [5.41, 5.74) is 1.99. The van der Waals surface area contributed by atoms with Gasteiger partial charge in [-0.15, -0.1) is 0 Å². The van der Waals surface area contributed by atoms with Gasteiger partial charge in [0.2, 0.25) is 11.8 Å². The first-order valence-corrected chi connectivity index (χ1v) is 20.4. The van der Waals surface area contributed by atoms with Crippen LogP contribution in [0.2, 0.25) is 0 Å². The van der Waals surface area contributed by atoms with E-state index in [1.165, 1.54) is 11.8 Å². The number of anilines is 2. The highest BCUT2D eigenvalue weighted by atomic mass is 32.2. The van der Waals surface area contributed by atoms with Gasteiger partial charge in [-0.2, -0.15) is 11.8 Å². The first kappa shape index (κ1) is 36.3. The molecular weight excluding hydrogens is 698 g/mol. The number of carbonyl (C=O) groups excluding carboxylic acids is 2. The molecule has 0 radical (unpaired) electrons. The monoisotopic (exact) mass is 747 g/mol. The van der Waals surface area contributed by atoms with E-state index < -0.39 is 11.4 Å². The predicted molar refractivity (Wildman–Crippen MR) is 204 cm³/mol. The van der Waals surface area contributed by atoms with E-state index in [0.29, 0.717) is 65.5 Å². The van der Waals surface area contributed by atoms with Crippen LogP contribution in [0.4, 0.5) is 15.8 Å². The minimum absolute atomic E-state index is 0.0153. The second-order valence-corrected chi connectivity index (χ2v) is 16.5. The fraction of sp³-hybridized carbons (Fsp3) is 0.590. The number of thioether (sulfide) groups is 1. The Labute approximate surface area is 313 Å². The third kappa shape index (κ3) is 8.66.